The van der Waals surface area contributed by atoms with Gasteiger partial charge in [-0.1, -0.05) is 30.7 Å². The van der Waals surface area contributed by atoms with Gasteiger partial charge in [-0.3, -0.25) is 4.79 Å². The Balaban J connectivity index is 2.33. The van der Waals surface area contributed by atoms with Gasteiger partial charge in [0, 0.05) is 37.6 Å². The fraction of sp³-hybridized carbons (Fsp3) is 0.304. The van der Waals surface area contributed by atoms with Crippen LogP contribution in [0, 0.1) is 0 Å². The largest absolute Gasteiger partial charge is 0.346 e. The summed E-state index contributed by atoms with van der Waals surface area (Å²) in [6, 6.07) is 9.82. The fourth-order valence-electron chi connectivity index (χ4n) is 2.68. The molecule has 4 nitrogen and oxygen atoms in total. The number of nitrogens with one attached hydrogen (secondary N) is 1. The fourth-order valence-corrected chi connectivity index (χ4v) is 2.68. The van der Waals surface area contributed by atoms with Crippen molar-refractivity contribution in [3.8, 4) is 11.1 Å². The molecule has 1 N–H and O–H groups in total. The van der Waals surface area contributed by atoms with Gasteiger partial charge in [-0.25, -0.2) is 4.98 Å². The van der Waals surface area contributed by atoms with Crippen molar-refractivity contribution in [3.63, 3.8) is 0 Å². The summed E-state index contributed by atoms with van der Waals surface area (Å²) < 4.78 is 0. The number of hydrogen-bond acceptors (Lipinski definition) is 3. The predicted molar refractivity (Wildman–Crippen MR) is 114 cm³/mol. The zero-order valence-electron chi connectivity index (χ0n) is 17.1. The molecule has 142 valence electrons. The van der Waals surface area contributed by atoms with E-state index in [0.717, 1.165) is 28.9 Å². The highest BCUT2D eigenvalue weighted by Crippen LogP contribution is 2.25. The van der Waals surface area contributed by atoms with E-state index in [-0.39, 0.29) is 5.91 Å². The first-order chi connectivity index (χ1) is 12.9. The summed E-state index contributed by atoms with van der Waals surface area (Å²) in [6.45, 7) is 8.32. The van der Waals surface area contributed by atoms with E-state index >= 15 is 0 Å². The van der Waals surface area contributed by atoms with Crippen LogP contribution in [0.3, 0.4) is 0 Å². The average Bonchev–Trinajstić information content (AvgIpc) is 2.70. The number of rotatable bonds is 6. The van der Waals surface area contributed by atoms with E-state index in [0.29, 0.717) is 5.56 Å². The Labute approximate surface area is 162 Å². The Morgan fingerprint density at radius 3 is 2.52 bits per heavy atom. The first kappa shape index (κ1) is 20.4. The second-order valence-corrected chi connectivity index (χ2v) is 6.81. The Morgan fingerprint density at radius 1 is 1.15 bits per heavy atom. The van der Waals surface area contributed by atoms with Crippen molar-refractivity contribution in [2.24, 2.45) is 0 Å². The number of amides is 1. The molecular formula is C23H29N3O. The molecule has 1 aromatic heterocycles. The Bertz CT molecular complexity index is 879. The van der Waals surface area contributed by atoms with Crippen molar-refractivity contribution in [2.45, 2.75) is 34.1 Å². The van der Waals surface area contributed by atoms with Crippen LogP contribution in [0.1, 0.15) is 43.6 Å². The zero-order chi connectivity index (χ0) is 20.0. The number of pyridine rings is 1. The molecule has 0 spiro atoms. The third kappa shape index (κ3) is 5.07. The third-order valence-corrected chi connectivity index (χ3v) is 4.68. The number of anilines is 1. The summed E-state index contributed by atoms with van der Waals surface area (Å²) in [5.74, 6) is 0.865. The molecular weight excluding hydrogens is 334 g/mol. The lowest BCUT2D eigenvalue weighted by atomic mass is 10.0. The smallest absolute Gasteiger partial charge is 0.253 e. The van der Waals surface area contributed by atoms with E-state index in [1.54, 1.807) is 19.0 Å². The van der Waals surface area contributed by atoms with Crippen LogP contribution < -0.4 is 5.32 Å². The minimum Gasteiger partial charge on any atom is -0.346 e. The second kappa shape index (κ2) is 9.17. The number of nitrogens with zero attached hydrogens (tertiary/aromatic N) is 2. The van der Waals surface area contributed by atoms with Crippen molar-refractivity contribution in [3.05, 3.63) is 71.1 Å². The molecule has 2 rings (SSSR count). The highest BCUT2D eigenvalue weighted by molar-refractivity contribution is 5.95. The molecule has 0 aliphatic carbocycles. The minimum atomic E-state index is -0.00114. The molecule has 0 aliphatic heterocycles. The highest BCUT2D eigenvalue weighted by Gasteiger charge is 2.10. The standard InChI is InChI=1S/C23H29N3O/c1-7-16(3)17(4)14-24-22-18(8-2)12-21(15-25-22)19-10-9-11-20(13-19)23(27)26(5)6/h7,9-15H,8H2,1-6H3,(H,24,25)/b16-7+,17-14+. The number of benzene rings is 1. The van der Waals surface area contributed by atoms with Crippen LogP contribution in [-0.2, 0) is 6.42 Å². The molecule has 0 saturated heterocycles. The van der Waals surface area contributed by atoms with Crippen molar-refractivity contribution in [2.75, 3.05) is 19.4 Å². The molecule has 0 atom stereocenters. The monoisotopic (exact) mass is 363 g/mol. The quantitative estimate of drug-likeness (QED) is 0.709. The zero-order valence-corrected chi connectivity index (χ0v) is 17.1. The number of carbonyl (C=O) groups excluding carboxylic acids is 1. The molecule has 27 heavy (non-hydrogen) atoms. The van der Waals surface area contributed by atoms with Gasteiger partial charge in [-0.15, -0.1) is 0 Å². The van der Waals surface area contributed by atoms with Gasteiger partial charge in [0.2, 0.25) is 0 Å². The molecule has 1 aromatic carbocycles. The molecule has 0 unspecified atom stereocenters. The SMILES string of the molecule is C/C=C(C)/C(C)=C/Nc1ncc(-c2cccc(C(=O)N(C)C)c2)cc1CC. The summed E-state index contributed by atoms with van der Waals surface area (Å²) in [4.78, 5) is 18.4. The molecule has 0 fully saturated rings. The molecule has 0 aliphatic rings. The van der Waals surface area contributed by atoms with E-state index in [9.17, 15) is 4.79 Å². The molecule has 0 radical (unpaired) electrons. The van der Waals surface area contributed by atoms with Gasteiger partial charge in [0.25, 0.3) is 5.91 Å². The van der Waals surface area contributed by atoms with Gasteiger partial charge in [-0.05, 0) is 62.1 Å². The molecule has 1 heterocycles. The lowest BCUT2D eigenvalue weighted by molar-refractivity contribution is 0.0827. The van der Waals surface area contributed by atoms with Gasteiger partial charge in [-0.2, -0.15) is 0 Å². The van der Waals surface area contributed by atoms with Crippen LogP contribution in [0.25, 0.3) is 11.1 Å². The summed E-state index contributed by atoms with van der Waals surface area (Å²) in [5, 5.41) is 3.33. The van der Waals surface area contributed by atoms with Gasteiger partial charge >= 0.3 is 0 Å². The summed E-state index contributed by atoms with van der Waals surface area (Å²) in [6.07, 6.45) is 6.81. The third-order valence-electron chi connectivity index (χ3n) is 4.68. The summed E-state index contributed by atoms with van der Waals surface area (Å²) >= 11 is 0. The van der Waals surface area contributed by atoms with Crippen molar-refractivity contribution >= 4 is 11.7 Å². The van der Waals surface area contributed by atoms with Crippen LogP contribution in [0.4, 0.5) is 5.82 Å². The first-order valence-corrected chi connectivity index (χ1v) is 9.25. The predicted octanol–water partition coefficient (Wildman–Crippen LogP) is 5.29. The Kier molecular flexibility index (Phi) is 6.94. The summed E-state index contributed by atoms with van der Waals surface area (Å²) in [5.41, 5.74) is 6.24. The van der Waals surface area contributed by atoms with Crippen LogP contribution >= 0.6 is 0 Å². The van der Waals surface area contributed by atoms with Crippen LogP contribution in [0.5, 0.6) is 0 Å². The number of hydrogen-bond donors (Lipinski definition) is 1. The molecule has 4 heteroatoms. The van der Waals surface area contributed by atoms with Crippen molar-refractivity contribution in [1.82, 2.24) is 9.88 Å². The number of allylic oxidation sites excluding steroid dienone is 3. The van der Waals surface area contributed by atoms with Crippen LogP contribution in [0.2, 0.25) is 0 Å². The molecule has 1 amide bonds. The topological polar surface area (TPSA) is 45.2 Å². The van der Waals surface area contributed by atoms with Gasteiger partial charge < -0.3 is 10.2 Å². The lowest BCUT2D eigenvalue weighted by Gasteiger charge is -2.13. The molecule has 0 bridgehead atoms. The second-order valence-electron chi connectivity index (χ2n) is 6.81. The first-order valence-electron chi connectivity index (χ1n) is 9.25. The Hall–Kier alpha value is -2.88. The number of carbonyl (C=O) groups is 1. The van der Waals surface area contributed by atoms with Crippen LogP contribution in [0.15, 0.2) is 60.0 Å². The molecule has 0 saturated carbocycles. The average molecular weight is 364 g/mol. The highest BCUT2D eigenvalue weighted by atomic mass is 16.2. The number of aromatic nitrogens is 1. The maximum Gasteiger partial charge on any atom is 0.253 e. The Morgan fingerprint density at radius 2 is 1.89 bits per heavy atom. The van der Waals surface area contributed by atoms with Crippen LogP contribution in [-0.4, -0.2) is 29.9 Å². The van der Waals surface area contributed by atoms with Crippen molar-refractivity contribution < 1.29 is 4.79 Å². The number of aryl methyl sites for hydroxylation is 1. The lowest BCUT2D eigenvalue weighted by Crippen LogP contribution is -2.21. The normalized spacial score (nSPS) is 12.1. The minimum absolute atomic E-state index is 0.00114. The maximum atomic E-state index is 12.2. The van der Waals surface area contributed by atoms with E-state index in [1.165, 1.54) is 11.1 Å². The van der Waals surface area contributed by atoms with E-state index in [4.69, 9.17) is 0 Å². The van der Waals surface area contributed by atoms with E-state index in [2.05, 4.69) is 43.2 Å². The van der Waals surface area contributed by atoms with Gasteiger partial charge in [0.05, 0.1) is 0 Å². The maximum absolute atomic E-state index is 12.2. The van der Waals surface area contributed by atoms with Gasteiger partial charge in [0.1, 0.15) is 5.82 Å². The van der Waals surface area contributed by atoms with E-state index < -0.39 is 0 Å². The van der Waals surface area contributed by atoms with Crippen molar-refractivity contribution in [1.29, 1.82) is 0 Å². The van der Waals surface area contributed by atoms with E-state index in [1.807, 2.05) is 43.6 Å². The van der Waals surface area contributed by atoms with Gasteiger partial charge in [0.15, 0.2) is 0 Å². The molecule has 2 aromatic rings. The summed E-state index contributed by atoms with van der Waals surface area (Å²) in [7, 11) is 3.52.